The number of hydrogen-bond acceptors (Lipinski definition) is 3. The predicted octanol–water partition coefficient (Wildman–Crippen LogP) is 2.08. The minimum Gasteiger partial charge on any atom is -0.396 e. The van der Waals surface area contributed by atoms with Gasteiger partial charge >= 0.3 is 0 Å². The first-order valence-electron chi connectivity index (χ1n) is 6.26. The van der Waals surface area contributed by atoms with Gasteiger partial charge in [0.05, 0.1) is 13.2 Å². The van der Waals surface area contributed by atoms with Gasteiger partial charge in [0.15, 0.2) is 5.79 Å². The number of aliphatic hydroxyl groups excluding tert-OH is 1. The van der Waals surface area contributed by atoms with E-state index in [9.17, 15) is 0 Å². The number of rotatable bonds is 3. The highest BCUT2D eigenvalue weighted by Crippen LogP contribution is 2.41. The predicted molar refractivity (Wildman–Crippen MR) is 57.5 cm³/mol. The molecule has 0 amide bonds. The maximum absolute atomic E-state index is 8.92. The first-order chi connectivity index (χ1) is 7.37. The number of hydrogen-bond donors (Lipinski definition) is 1. The molecule has 0 aromatic carbocycles. The van der Waals surface area contributed by atoms with Gasteiger partial charge in [0.25, 0.3) is 0 Å². The highest BCUT2D eigenvalue weighted by molar-refractivity contribution is 4.85. The second-order valence-corrected chi connectivity index (χ2v) is 4.67. The fraction of sp³-hybridized carbons (Fsp3) is 1.00. The summed E-state index contributed by atoms with van der Waals surface area (Å²) in [5.74, 6) is 0.209. The van der Waals surface area contributed by atoms with Crippen LogP contribution in [0.1, 0.15) is 44.9 Å². The third-order valence-electron chi connectivity index (χ3n) is 3.69. The standard InChI is InChI=1S/C12H22O3/c13-8-4-6-11-5-2-1-3-7-12(11)14-9-10-15-12/h11,13H,1-10H2. The lowest BCUT2D eigenvalue weighted by molar-refractivity contribution is -0.200. The summed E-state index contributed by atoms with van der Waals surface area (Å²) in [6, 6.07) is 0. The zero-order valence-electron chi connectivity index (χ0n) is 9.41. The summed E-state index contributed by atoms with van der Waals surface area (Å²) >= 11 is 0. The first kappa shape index (κ1) is 11.4. The molecule has 88 valence electrons. The Morgan fingerprint density at radius 1 is 1.13 bits per heavy atom. The quantitative estimate of drug-likeness (QED) is 0.781. The molecule has 0 aromatic heterocycles. The van der Waals surface area contributed by atoms with Gasteiger partial charge in [-0.05, 0) is 25.7 Å². The summed E-state index contributed by atoms with van der Waals surface area (Å²) in [7, 11) is 0. The highest BCUT2D eigenvalue weighted by Gasteiger charge is 2.44. The summed E-state index contributed by atoms with van der Waals surface area (Å²) < 4.78 is 11.7. The molecular formula is C12H22O3. The molecule has 3 heteroatoms. The molecule has 2 fully saturated rings. The van der Waals surface area contributed by atoms with Crippen molar-refractivity contribution in [3.05, 3.63) is 0 Å². The Morgan fingerprint density at radius 3 is 2.67 bits per heavy atom. The van der Waals surface area contributed by atoms with Crippen molar-refractivity contribution in [1.29, 1.82) is 0 Å². The molecular weight excluding hydrogens is 192 g/mol. The average molecular weight is 214 g/mol. The van der Waals surface area contributed by atoms with Gasteiger partial charge in [-0.25, -0.2) is 0 Å². The molecule has 1 atom stereocenters. The maximum Gasteiger partial charge on any atom is 0.171 e. The van der Waals surface area contributed by atoms with Crippen LogP contribution in [0.25, 0.3) is 0 Å². The van der Waals surface area contributed by atoms with Crippen LogP contribution in [-0.2, 0) is 9.47 Å². The summed E-state index contributed by atoms with van der Waals surface area (Å²) in [4.78, 5) is 0. The van der Waals surface area contributed by atoms with Gasteiger partial charge in [-0.1, -0.05) is 12.8 Å². The normalized spacial score (nSPS) is 30.6. The van der Waals surface area contributed by atoms with Crippen LogP contribution in [0.3, 0.4) is 0 Å². The molecule has 1 N–H and O–H groups in total. The molecule has 1 heterocycles. The number of aliphatic hydroxyl groups is 1. The molecule has 2 rings (SSSR count). The first-order valence-corrected chi connectivity index (χ1v) is 6.26. The molecule has 15 heavy (non-hydrogen) atoms. The zero-order chi connectivity index (χ0) is 10.6. The number of ether oxygens (including phenoxy) is 2. The maximum atomic E-state index is 8.92. The van der Waals surface area contributed by atoms with Crippen LogP contribution in [0.4, 0.5) is 0 Å². The van der Waals surface area contributed by atoms with Crippen LogP contribution in [0.15, 0.2) is 0 Å². The lowest BCUT2D eigenvalue weighted by Gasteiger charge is -2.34. The zero-order valence-corrected chi connectivity index (χ0v) is 9.41. The second-order valence-electron chi connectivity index (χ2n) is 4.67. The molecule has 1 aliphatic carbocycles. The van der Waals surface area contributed by atoms with E-state index in [-0.39, 0.29) is 12.4 Å². The molecule has 0 aromatic rings. The van der Waals surface area contributed by atoms with E-state index in [0.29, 0.717) is 5.92 Å². The van der Waals surface area contributed by atoms with Crippen molar-refractivity contribution >= 4 is 0 Å². The fourth-order valence-electron chi connectivity index (χ4n) is 2.92. The van der Waals surface area contributed by atoms with Gasteiger partial charge in [-0.15, -0.1) is 0 Å². The van der Waals surface area contributed by atoms with Crippen LogP contribution in [-0.4, -0.2) is 30.7 Å². The third kappa shape index (κ3) is 2.52. The summed E-state index contributed by atoms with van der Waals surface area (Å²) in [6.07, 6.45) is 7.95. The van der Waals surface area contributed by atoms with Crippen molar-refractivity contribution in [3.63, 3.8) is 0 Å². The van der Waals surface area contributed by atoms with Crippen LogP contribution >= 0.6 is 0 Å². The highest BCUT2D eigenvalue weighted by atomic mass is 16.7. The summed E-state index contributed by atoms with van der Waals surface area (Å²) in [6.45, 7) is 1.78. The van der Waals surface area contributed by atoms with Gasteiger partial charge in [0.1, 0.15) is 0 Å². The molecule has 3 nitrogen and oxygen atoms in total. The van der Waals surface area contributed by atoms with Crippen LogP contribution in [0.5, 0.6) is 0 Å². The Kier molecular flexibility index (Phi) is 4.00. The van der Waals surface area contributed by atoms with E-state index in [4.69, 9.17) is 14.6 Å². The Hall–Kier alpha value is -0.120. The molecule has 1 saturated heterocycles. The van der Waals surface area contributed by atoms with Crippen molar-refractivity contribution in [3.8, 4) is 0 Å². The van der Waals surface area contributed by atoms with E-state index in [1.165, 1.54) is 25.7 Å². The van der Waals surface area contributed by atoms with E-state index in [1.54, 1.807) is 0 Å². The summed E-state index contributed by atoms with van der Waals surface area (Å²) in [5.41, 5.74) is 0. The van der Waals surface area contributed by atoms with Crippen LogP contribution in [0.2, 0.25) is 0 Å². The summed E-state index contributed by atoms with van der Waals surface area (Å²) in [5, 5.41) is 8.92. The van der Waals surface area contributed by atoms with Gasteiger partial charge in [-0.2, -0.15) is 0 Å². The van der Waals surface area contributed by atoms with E-state index in [1.807, 2.05) is 0 Å². The van der Waals surface area contributed by atoms with Crippen molar-refractivity contribution in [1.82, 2.24) is 0 Å². The smallest absolute Gasteiger partial charge is 0.171 e. The molecule has 2 aliphatic rings. The SMILES string of the molecule is OCCCC1CCCCCC12OCCO2. The molecule has 0 radical (unpaired) electrons. The fourth-order valence-corrected chi connectivity index (χ4v) is 2.92. The van der Waals surface area contributed by atoms with Crippen molar-refractivity contribution in [2.45, 2.75) is 50.7 Å². The van der Waals surface area contributed by atoms with Gasteiger partial charge < -0.3 is 14.6 Å². The van der Waals surface area contributed by atoms with Crippen molar-refractivity contribution in [2.75, 3.05) is 19.8 Å². The second kappa shape index (κ2) is 5.28. The Morgan fingerprint density at radius 2 is 1.93 bits per heavy atom. The van der Waals surface area contributed by atoms with Crippen molar-refractivity contribution < 1.29 is 14.6 Å². The Balaban J connectivity index is 2.00. The molecule has 1 saturated carbocycles. The molecule has 1 spiro atoms. The van der Waals surface area contributed by atoms with E-state index in [0.717, 1.165) is 32.5 Å². The topological polar surface area (TPSA) is 38.7 Å². The minimum atomic E-state index is -0.286. The minimum absolute atomic E-state index is 0.284. The van der Waals surface area contributed by atoms with Crippen molar-refractivity contribution in [2.24, 2.45) is 5.92 Å². The lowest BCUT2D eigenvalue weighted by Crippen LogP contribution is -2.38. The van der Waals surface area contributed by atoms with Crippen LogP contribution < -0.4 is 0 Å². The lowest BCUT2D eigenvalue weighted by atomic mass is 9.89. The Labute approximate surface area is 91.8 Å². The third-order valence-corrected chi connectivity index (χ3v) is 3.69. The van der Waals surface area contributed by atoms with Gasteiger partial charge in [0, 0.05) is 18.9 Å². The van der Waals surface area contributed by atoms with Gasteiger partial charge in [0.2, 0.25) is 0 Å². The molecule has 1 aliphatic heterocycles. The average Bonchev–Trinajstić information content (AvgIpc) is 2.62. The molecule has 0 bridgehead atoms. The van der Waals surface area contributed by atoms with E-state index >= 15 is 0 Å². The molecule has 1 unspecified atom stereocenters. The monoisotopic (exact) mass is 214 g/mol. The van der Waals surface area contributed by atoms with E-state index in [2.05, 4.69) is 0 Å². The van der Waals surface area contributed by atoms with Crippen LogP contribution in [0, 0.1) is 5.92 Å². The Bertz CT molecular complexity index is 187. The largest absolute Gasteiger partial charge is 0.396 e. The van der Waals surface area contributed by atoms with E-state index < -0.39 is 0 Å². The van der Waals surface area contributed by atoms with Gasteiger partial charge in [-0.3, -0.25) is 0 Å².